The van der Waals surface area contributed by atoms with E-state index in [1.54, 1.807) is 0 Å². The molecule has 1 heterocycles. The lowest BCUT2D eigenvalue weighted by Gasteiger charge is -2.22. The fourth-order valence-electron chi connectivity index (χ4n) is 2.83. The quantitative estimate of drug-likeness (QED) is 0.867. The molecule has 1 amide bonds. The number of benzene rings is 1. The number of ether oxygens (including phenoxy) is 1. The predicted octanol–water partition coefficient (Wildman–Crippen LogP) is 2.64. The van der Waals surface area contributed by atoms with Crippen molar-refractivity contribution in [2.24, 2.45) is 5.92 Å². The van der Waals surface area contributed by atoms with Crippen LogP contribution in [0.1, 0.15) is 45.6 Å². The molecule has 2 atom stereocenters. The molecule has 1 N–H and O–H groups in total. The van der Waals surface area contributed by atoms with Crippen LogP contribution in [0.15, 0.2) is 30.3 Å². The van der Waals surface area contributed by atoms with Crippen molar-refractivity contribution in [2.45, 2.75) is 51.7 Å². The Morgan fingerprint density at radius 3 is 2.38 bits per heavy atom. The van der Waals surface area contributed by atoms with Crippen molar-refractivity contribution in [3.63, 3.8) is 0 Å². The average molecular weight is 289 g/mol. The third-order valence-corrected chi connectivity index (χ3v) is 3.78. The van der Waals surface area contributed by atoms with Crippen molar-refractivity contribution in [2.75, 3.05) is 0 Å². The van der Waals surface area contributed by atoms with Gasteiger partial charge in [-0.15, -0.1) is 0 Å². The maximum Gasteiger partial charge on any atom is 0.329 e. The molecule has 1 saturated heterocycles. The molecule has 2 rings (SSSR count). The minimum atomic E-state index is -0.544. The lowest BCUT2D eigenvalue weighted by molar-refractivity contribution is -0.148. The highest BCUT2D eigenvalue weighted by molar-refractivity contribution is 5.89. The molecule has 1 aromatic rings. The predicted molar refractivity (Wildman–Crippen MR) is 80.7 cm³/mol. The van der Waals surface area contributed by atoms with Crippen molar-refractivity contribution >= 4 is 11.9 Å². The van der Waals surface area contributed by atoms with Crippen LogP contribution in [0.4, 0.5) is 0 Å². The second kappa shape index (κ2) is 5.88. The van der Waals surface area contributed by atoms with E-state index >= 15 is 0 Å². The van der Waals surface area contributed by atoms with Crippen LogP contribution in [0.25, 0.3) is 0 Å². The van der Waals surface area contributed by atoms with Crippen LogP contribution in [0, 0.1) is 5.92 Å². The zero-order chi connectivity index (χ0) is 15.6. The van der Waals surface area contributed by atoms with Gasteiger partial charge in [0.2, 0.25) is 5.91 Å². The van der Waals surface area contributed by atoms with Crippen molar-refractivity contribution in [1.82, 2.24) is 5.32 Å². The molecule has 4 heteroatoms. The van der Waals surface area contributed by atoms with Crippen LogP contribution >= 0.6 is 0 Å². The van der Waals surface area contributed by atoms with E-state index in [0.717, 1.165) is 5.56 Å². The highest BCUT2D eigenvalue weighted by atomic mass is 16.6. The molecule has 21 heavy (non-hydrogen) atoms. The SMILES string of the molecule is CC(C)[C@H](C(=O)N[C@H]1CC(C)(C)OC1=O)c1ccccc1. The van der Waals surface area contributed by atoms with E-state index in [0.29, 0.717) is 6.42 Å². The van der Waals surface area contributed by atoms with Crippen LogP contribution in [-0.4, -0.2) is 23.5 Å². The van der Waals surface area contributed by atoms with Gasteiger partial charge in [0.15, 0.2) is 0 Å². The number of esters is 1. The summed E-state index contributed by atoms with van der Waals surface area (Å²) in [6.07, 6.45) is 0.511. The summed E-state index contributed by atoms with van der Waals surface area (Å²) < 4.78 is 5.25. The van der Waals surface area contributed by atoms with Crippen molar-refractivity contribution in [3.8, 4) is 0 Å². The molecule has 0 unspecified atom stereocenters. The minimum Gasteiger partial charge on any atom is -0.458 e. The molecule has 1 aliphatic heterocycles. The molecule has 0 aliphatic carbocycles. The van der Waals surface area contributed by atoms with Gasteiger partial charge in [-0.1, -0.05) is 44.2 Å². The van der Waals surface area contributed by atoms with Crippen molar-refractivity contribution < 1.29 is 14.3 Å². The zero-order valence-corrected chi connectivity index (χ0v) is 13.1. The lowest BCUT2D eigenvalue weighted by Crippen LogP contribution is -2.42. The van der Waals surface area contributed by atoms with Gasteiger partial charge in [-0.25, -0.2) is 4.79 Å². The Kier molecular flexibility index (Phi) is 4.35. The van der Waals surface area contributed by atoms with Crippen LogP contribution in [0.5, 0.6) is 0 Å². The number of carbonyl (C=O) groups excluding carboxylic acids is 2. The summed E-state index contributed by atoms with van der Waals surface area (Å²) in [4.78, 5) is 24.4. The molecule has 114 valence electrons. The number of hydrogen-bond acceptors (Lipinski definition) is 3. The molecule has 0 spiro atoms. The Morgan fingerprint density at radius 1 is 1.29 bits per heavy atom. The van der Waals surface area contributed by atoms with Gasteiger partial charge in [0.1, 0.15) is 11.6 Å². The molecule has 0 saturated carbocycles. The molecule has 1 aliphatic rings. The number of hydrogen-bond donors (Lipinski definition) is 1. The third kappa shape index (κ3) is 3.63. The molecule has 1 fully saturated rings. The van der Waals surface area contributed by atoms with Gasteiger partial charge < -0.3 is 10.1 Å². The van der Waals surface area contributed by atoms with Gasteiger partial charge in [-0.3, -0.25) is 4.79 Å². The maximum atomic E-state index is 12.6. The Bertz CT molecular complexity index is 522. The first-order valence-electron chi connectivity index (χ1n) is 7.38. The molecule has 0 aromatic heterocycles. The normalized spacial score (nSPS) is 22.0. The smallest absolute Gasteiger partial charge is 0.329 e. The summed E-state index contributed by atoms with van der Waals surface area (Å²) in [6, 6.07) is 9.12. The zero-order valence-electron chi connectivity index (χ0n) is 13.1. The highest BCUT2D eigenvalue weighted by Crippen LogP contribution is 2.28. The van der Waals surface area contributed by atoms with Gasteiger partial charge in [0.05, 0.1) is 5.92 Å². The summed E-state index contributed by atoms with van der Waals surface area (Å²) in [5.74, 6) is -0.569. The summed E-state index contributed by atoms with van der Waals surface area (Å²) in [7, 11) is 0. The van der Waals surface area contributed by atoms with Crippen LogP contribution < -0.4 is 5.32 Å². The molecule has 1 aromatic carbocycles. The van der Waals surface area contributed by atoms with E-state index in [-0.39, 0.29) is 23.7 Å². The van der Waals surface area contributed by atoms with Crippen LogP contribution in [0.3, 0.4) is 0 Å². The van der Waals surface area contributed by atoms with Crippen LogP contribution in [-0.2, 0) is 14.3 Å². The van der Waals surface area contributed by atoms with Crippen LogP contribution in [0.2, 0.25) is 0 Å². The summed E-state index contributed by atoms with van der Waals surface area (Å²) in [5, 5.41) is 2.85. The van der Waals surface area contributed by atoms with E-state index < -0.39 is 11.6 Å². The van der Waals surface area contributed by atoms with E-state index in [1.165, 1.54) is 0 Å². The van der Waals surface area contributed by atoms with E-state index in [1.807, 2.05) is 58.0 Å². The number of rotatable bonds is 4. The highest BCUT2D eigenvalue weighted by Gasteiger charge is 2.41. The third-order valence-electron chi connectivity index (χ3n) is 3.78. The Morgan fingerprint density at radius 2 is 1.90 bits per heavy atom. The monoisotopic (exact) mass is 289 g/mol. The van der Waals surface area contributed by atoms with Gasteiger partial charge in [-0.05, 0) is 25.3 Å². The van der Waals surface area contributed by atoms with Gasteiger partial charge >= 0.3 is 5.97 Å². The van der Waals surface area contributed by atoms with Crippen molar-refractivity contribution in [3.05, 3.63) is 35.9 Å². The largest absolute Gasteiger partial charge is 0.458 e. The Labute approximate surface area is 125 Å². The topological polar surface area (TPSA) is 55.4 Å². The standard InChI is InChI=1S/C17H23NO3/c1-11(2)14(12-8-6-5-7-9-12)15(19)18-13-10-17(3,4)21-16(13)20/h5-9,11,13-14H,10H2,1-4H3,(H,18,19)/t13-,14-/m0/s1. The number of carbonyl (C=O) groups is 2. The molecule has 0 bridgehead atoms. The number of amides is 1. The first-order chi connectivity index (χ1) is 9.80. The molecular weight excluding hydrogens is 266 g/mol. The molecular formula is C17H23NO3. The van der Waals surface area contributed by atoms with Gasteiger partial charge in [0.25, 0.3) is 0 Å². The minimum absolute atomic E-state index is 0.115. The first-order valence-corrected chi connectivity index (χ1v) is 7.38. The van der Waals surface area contributed by atoms with Crippen molar-refractivity contribution in [1.29, 1.82) is 0 Å². The van der Waals surface area contributed by atoms with E-state index in [2.05, 4.69) is 5.32 Å². The number of nitrogens with one attached hydrogen (secondary N) is 1. The fraction of sp³-hybridized carbons (Fsp3) is 0.529. The lowest BCUT2D eigenvalue weighted by atomic mass is 9.87. The summed E-state index contributed by atoms with van der Waals surface area (Å²) >= 11 is 0. The number of cyclic esters (lactones) is 1. The van der Waals surface area contributed by atoms with E-state index in [9.17, 15) is 9.59 Å². The second-order valence-corrected chi connectivity index (χ2v) is 6.58. The van der Waals surface area contributed by atoms with Gasteiger partial charge in [-0.2, -0.15) is 0 Å². The average Bonchev–Trinajstić information content (AvgIpc) is 2.63. The second-order valence-electron chi connectivity index (χ2n) is 6.58. The van der Waals surface area contributed by atoms with E-state index in [4.69, 9.17) is 4.74 Å². The Balaban J connectivity index is 2.12. The molecule has 4 nitrogen and oxygen atoms in total. The Hall–Kier alpha value is -1.84. The maximum absolute atomic E-state index is 12.6. The van der Waals surface area contributed by atoms with Gasteiger partial charge in [0, 0.05) is 6.42 Å². The summed E-state index contributed by atoms with van der Waals surface area (Å²) in [5.41, 5.74) is 0.463. The first kappa shape index (κ1) is 15.5. The summed E-state index contributed by atoms with van der Waals surface area (Å²) in [6.45, 7) is 7.73. The fourth-order valence-corrected chi connectivity index (χ4v) is 2.83. The molecule has 0 radical (unpaired) electrons.